The minimum Gasteiger partial charge on any atom is -0.481 e. The predicted octanol–water partition coefficient (Wildman–Crippen LogP) is 8.08. The average molecular weight is 935 g/mol. The molecule has 0 spiro atoms. The van der Waals surface area contributed by atoms with Crippen LogP contribution < -0.4 is 5.46 Å². The van der Waals surface area contributed by atoms with Crippen LogP contribution in [0, 0.1) is 33.8 Å². The van der Waals surface area contributed by atoms with Crippen LogP contribution in [0.25, 0.3) is 11.1 Å². The summed E-state index contributed by atoms with van der Waals surface area (Å²) in [6.07, 6.45) is 0. The smallest absolute Gasteiger partial charge is 0.481 e. The van der Waals surface area contributed by atoms with E-state index in [0.29, 0.717) is 11.5 Å². The van der Waals surface area contributed by atoms with Gasteiger partial charge < -0.3 is 24.3 Å². The number of aliphatic carboxylic acids is 1. The molecule has 1 aromatic heterocycles. The second-order valence-corrected chi connectivity index (χ2v) is 10.9. The van der Waals surface area contributed by atoms with Crippen molar-refractivity contribution in [1.82, 2.24) is 0 Å². The molecular weight excluding hydrogens is 912 g/mol. The van der Waals surface area contributed by atoms with E-state index in [1.165, 1.54) is 9.64 Å². The molecule has 234 valence electrons. The van der Waals surface area contributed by atoms with Crippen LogP contribution in [0.2, 0.25) is 0 Å². The first-order valence-corrected chi connectivity index (χ1v) is 14.2. The third-order valence-corrected chi connectivity index (χ3v) is 6.17. The number of aryl methyl sites for hydroxylation is 1. The van der Waals surface area contributed by atoms with E-state index in [0.717, 1.165) is 45.7 Å². The molecule has 5 rings (SSSR count). The molecule has 3 N–H and O–H groups in total. The van der Waals surface area contributed by atoms with Crippen molar-refractivity contribution in [2.75, 3.05) is 0 Å². The van der Waals surface area contributed by atoms with Gasteiger partial charge in [0.2, 0.25) is 0 Å². The van der Waals surface area contributed by atoms with Crippen molar-refractivity contribution in [3.05, 3.63) is 127 Å². The zero-order valence-corrected chi connectivity index (χ0v) is 29.1. The van der Waals surface area contributed by atoms with Crippen LogP contribution in [0.15, 0.2) is 103 Å². The summed E-state index contributed by atoms with van der Waals surface area (Å²) in [6, 6.07) is 22.1. The first-order valence-electron chi connectivity index (χ1n) is 11.5. The van der Waals surface area contributed by atoms with Crippen molar-refractivity contribution in [2.24, 2.45) is 0 Å². The molecule has 1 heterocycles. The van der Waals surface area contributed by atoms with Crippen molar-refractivity contribution >= 4 is 73.0 Å². The normalized spacial score (nSPS) is 9.28. The Morgan fingerprint density at radius 3 is 1.47 bits per heavy atom. The Labute approximate surface area is 289 Å². The Morgan fingerprint density at radius 2 is 1.12 bits per heavy atom. The van der Waals surface area contributed by atoms with Crippen LogP contribution >= 0.6 is 54.5 Å². The molecule has 5 aromatic rings. The number of halogens is 7. The third kappa shape index (κ3) is 19.0. The molecule has 0 aliphatic carbocycles. The van der Waals surface area contributed by atoms with Gasteiger partial charge in [-0.2, -0.15) is 0 Å². The van der Waals surface area contributed by atoms with Crippen LogP contribution in [0.4, 0.5) is 17.6 Å². The Kier molecular flexibility index (Phi) is 20.5. The van der Waals surface area contributed by atoms with E-state index in [4.69, 9.17) is 19.9 Å². The van der Waals surface area contributed by atoms with Crippen LogP contribution in [0.1, 0.15) is 12.9 Å². The van der Waals surface area contributed by atoms with E-state index in [-0.39, 0.29) is 25.9 Å². The van der Waals surface area contributed by atoms with Crippen molar-refractivity contribution in [3.8, 4) is 11.1 Å². The first kappa shape index (κ1) is 40.9. The number of hydrogen-bond donors (Lipinski definition) is 3. The van der Waals surface area contributed by atoms with E-state index in [1.807, 2.05) is 36.4 Å². The standard InChI is InChI=1S/C12H7BrF2.C6H5BF2O2.C6H4BrI.C2H3O2.C2H4O2.Pd/c13-10-4-1-8(2-5-10)9-3-6-11(14)12(15)7-9;8-5-2-1-4(7(10)11)3-6(5)9;7-5-1-3-6(8)4-2-5;1-2-3-4-2;1-2(3)4;/h1-7H;1-3,10-11H;1-4H;1H3;1H3,(H,3,4);/q;;;-1;;. The molecule has 0 fully saturated rings. The molecule has 15 heteroatoms. The molecule has 0 aliphatic rings. The largest absolute Gasteiger partial charge is 0.488 e. The summed E-state index contributed by atoms with van der Waals surface area (Å²) < 4.78 is 61.8. The summed E-state index contributed by atoms with van der Waals surface area (Å²) in [7, 11) is -1.76. The van der Waals surface area contributed by atoms with E-state index in [9.17, 15) is 17.6 Å². The number of benzene rings is 4. The summed E-state index contributed by atoms with van der Waals surface area (Å²) in [4.78, 5) is 9.00. The summed E-state index contributed by atoms with van der Waals surface area (Å²) in [5.41, 5.74) is 1.46. The van der Waals surface area contributed by atoms with Crippen LogP contribution in [-0.4, -0.2) is 28.2 Å². The average Bonchev–Trinajstić information content (AvgIpc) is 3.72. The van der Waals surface area contributed by atoms with Crippen LogP contribution in [-0.2, 0) is 25.2 Å². The molecule has 0 saturated carbocycles. The van der Waals surface area contributed by atoms with Gasteiger partial charge in [0, 0.05) is 45.8 Å². The molecule has 0 amide bonds. The topological polar surface area (TPSA) is 104 Å². The minimum atomic E-state index is -1.76. The molecule has 4 aromatic carbocycles. The van der Waals surface area contributed by atoms with Gasteiger partial charge in [0.05, 0.1) is 0 Å². The van der Waals surface area contributed by atoms with Gasteiger partial charge >= 0.3 is 7.12 Å². The van der Waals surface area contributed by atoms with Crippen molar-refractivity contribution < 1.29 is 67.1 Å². The molecule has 0 unspecified atom stereocenters. The fraction of sp³-hybridized carbons (Fsp3) is 0.0714. The van der Waals surface area contributed by atoms with Crippen molar-refractivity contribution in [1.29, 1.82) is 0 Å². The monoisotopic (exact) mass is 933 g/mol. The van der Waals surface area contributed by atoms with E-state index in [2.05, 4.69) is 75.7 Å². The summed E-state index contributed by atoms with van der Waals surface area (Å²) in [5, 5.41) is 24.4. The van der Waals surface area contributed by atoms with E-state index < -0.39 is 36.4 Å². The molecule has 6 nitrogen and oxygen atoms in total. The quantitative estimate of drug-likeness (QED) is 0.0545. The Morgan fingerprint density at radius 1 is 0.744 bits per heavy atom. The fourth-order valence-electron chi connectivity index (χ4n) is 2.46. The van der Waals surface area contributed by atoms with Gasteiger partial charge in [-0.3, -0.25) is 4.79 Å². The van der Waals surface area contributed by atoms with Gasteiger partial charge in [0.15, 0.2) is 23.3 Å². The van der Waals surface area contributed by atoms with Crippen molar-refractivity contribution in [2.45, 2.75) is 13.8 Å². The zero-order valence-electron chi connectivity index (χ0n) is 22.2. The molecule has 0 bridgehead atoms. The Hall–Kier alpha value is -2.12. The van der Waals surface area contributed by atoms with Gasteiger partial charge in [-0.1, -0.05) is 56.1 Å². The number of carbonyl (C=O) groups is 1. The SMILES string of the molecule is Brc1ccc(I)cc1.CC(=O)O.C[c-]1oo1.Fc1ccc(-c2ccc(Br)cc2)cc1F.OB(O)c1ccc(F)c(F)c1.[Pd]. The van der Waals surface area contributed by atoms with Crippen LogP contribution in [0.3, 0.4) is 0 Å². The van der Waals surface area contributed by atoms with Crippen molar-refractivity contribution in [3.63, 3.8) is 0 Å². The molecule has 0 aliphatic heterocycles. The number of hydrogen-bond acceptors (Lipinski definition) is 5. The van der Waals surface area contributed by atoms with Crippen LogP contribution in [0.5, 0.6) is 0 Å². The van der Waals surface area contributed by atoms with Gasteiger partial charge in [-0.25, -0.2) is 17.6 Å². The minimum absolute atomic E-state index is 0. The maximum atomic E-state index is 13.0. The maximum Gasteiger partial charge on any atom is 0.488 e. The molecule has 0 saturated heterocycles. The molecule has 0 atom stereocenters. The van der Waals surface area contributed by atoms with Gasteiger partial charge in [0.1, 0.15) is 0 Å². The Balaban J connectivity index is 0.000000556. The second kappa shape index (κ2) is 21.6. The third-order valence-electron chi connectivity index (χ3n) is 4.39. The summed E-state index contributed by atoms with van der Waals surface area (Å²) in [5.74, 6) is -3.91. The van der Waals surface area contributed by atoms with E-state index in [1.54, 1.807) is 13.0 Å². The number of carboxylic acids is 1. The van der Waals surface area contributed by atoms with Gasteiger partial charge in [-0.15, -0.1) is 6.92 Å². The summed E-state index contributed by atoms with van der Waals surface area (Å²) >= 11 is 8.93. The first-order chi connectivity index (χ1) is 19.7. The molecule has 0 radical (unpaired) electrons. The fourth-order valence-corrected chi connectivity index (χ4v) is 3.35. The summed E-state index contributed by atoms with van der Waals surface area (Å²) in [6.45, 7) is 2.83. The maximum absolute atomic E-state index is 13.0. The number of carboxylic acid groups (broad SMARTS) is 1. The van der Waals surface area contributed by atoms with E-state index >= 15 is 0 Å². The Bertz CT molecular complexity index is 1460. The molecule has 43 heavy (non-hydrogen) atoms. The molecular formula is C28H23BBr2F4IO6Pd-. The van der Waals surface area contributed by atoms with Gasteiger partial charge in [-0.05, 0) is 99.8 Å². The second-order valence-electron chi connectivity index (χ2n) is 7.80. The zero-order chi connectivity index (χ0) is 31.8. The predicted molar refractivity (Wildman–Crippen MR) is 167 cm³/mol. The number of rotatable bonds is 2. The van der Waals surface area contributed by atoms with Gasteiger partial charge in [0.25, 0.3) is 5.97 Å².